The Balaban J connectivity index is 2.81. The number of nitrogens with zero attached hydrogens (tertiary/aromatic N) is 2. The molecule has 0 aliphatic carbocycles. The summed E-state index contributed by atoms with van der Waals surface area (Å²) in [6, 6.07) is 3.80. The zero-order valence-corrected chi connectivity index (χ0v) is 8.76. The highest BCUT2D eigenvalue weighted by Gasteiger charge is 2.10. The van der Waals surface area contributed by atoms with Crippen molar-refractivity contribution < 1.29 is 4.79 Å². The molecule has 2 rings (SSSR count). The van der Waals surface area contributed by atoms with Gasteiger partial charge in [0.25, 0.3) is 0 Å². The standard InChI is InChI=1S/C10H7N3OS/c1-12-9-6(3-11)4-13-10-8(9)2-7(5-14)15-10/h2,4-5H,1H3,(H,12,13). The molecule has 4 nitrogen and oxygen atoms in total. The maximum atomic E-state index is 10.6. The number of fused-ring (bicyclic) bond motifs is 1. The van der Waals surface area contributed by atoms with Crippen molar-refractivity contribution in [2.24, 2.45) is 0 Å². The summed E-state index contributed by atoms with van der Waals surface area (Å²) in [5.74, 6) is 0. The number of carbonyl (C=O) groups is 1. The summed E-state index contributed by atoms with van der Waals surface area (Å²) in [6.45, 7) is 0. The summed E-state index contributed by atoms with van der Waals surface area (Å²) in [5.41, 5.74) is 1.21. The van der Waals surface area contributed by atoms with Crippen molar-refractivity contribution in [3.05, 3.63) is 22.7 Å². The average molecular weight is 217 g/mol. The van der Waals surface area contributed by atoms with E-state index in [4.69, 9.17) is 5.26 Å². The maximum absolute atomic E-state index is 10.6. The van der Waals surface area contributed by atoms with Crippen molar-refractivity contribution in [3.63, 3.8) is 0 Å². The van der Waals surface area contributed by atoms with Crippen molar-refractivity contribution in [3.8, 4) is 6.07 Å². The van der Waals surface area contributed by atoms with Crippen LogP contribution in [0.4, 0.5) is 5.69 Å². The summed E-state index contributed by atoms with van der Waals surface area (Å²) >= 11 is 1.32. The van der Waals surface area contributed by atoms with Gasteiger partial charge in [0, 0.05) is 18.6 Å². The molecule has 2 aromatic rings. The molecule has 0 unspecified atom stereocenters. The lowest BCUT2D eigenvalue weighted by atomic mass is 10.2. The number of carbonyl (C=O) groups excluding carboxylic acids is 1. The van der Waals surface area contributed by atoms with Crippen LogP contribution in [0.1, 0.15) is 15.2 Å². The second-order valence-corrected chi connectivity index (χ2v) is 3.96. The average Bonchev–Trinajstić information content (AvgIpc) is 2.70. The SMILES string of the molecule is CNc1c(C#N)cnc2sc(C=O)cc12. The minimum atomic E-state index is 0.486. The molecule has 15 heavy (non-hydrogen) atoms. The maximum Gasteiger partial charge on any atom is 0.160 e. The highest BCUT2D eigenvalue weighted by Crippen LogP contribution is 2.30. The predicted octanol–water partition coefficient (Wildman–Crippen LogP) is 2.02. The van der Waals surface area contributed by atoms with E-state index in [2.05, 4.69) is 16.4 Å². The first-order valence-electron chi connectivity index (χ1n) is 4.25. The van der Waals surface area contributed by atoms with Gasteiger partial charge in [-0.2, -0.15) is 5.26 Å². The number of nitriles is 1. The third-order valence-corrected chi connectivity index (χ3v) is 3.04. The molecule has 0 aliphatic rings. The summed E-state index contributed by atoms with van der Waals surface area (Å²) in [6.07, 6.45) is 2.30. The third kappa shape index (κ3) is 1.45. The fourth-order valence-electron chi connectivity index (χ4n) is 1.42. The molecule has 0 radical (unpaired) electrons. The largest absolute Gasteiger partial charge is 0.386 e. The van der Waals surface area contributed by atoms with E-state index >= 15 is 0 Å². The number of pyridine rings is 1. The molecule has 0 fully saturated rings. The van der Waals surface area contributed by atoms with E-state index in [0.717, 1.165) is 22.2 Å². The van der Waals surface area contributed by atoms with Crippen molar-refractivity contribution >= 4 is 33.5 Å². The monoisotopic (exact) mass is 217 g/mol. The van der Waals surface area contributed by atoms with Gasteiger partial charge < -0.3 is 5.32 Å². The van der Waals surface area contributed by atoms with Gasteiger partial charge in [0.05, 0.1) is 16.1 Å². The molecule has 0 amide bonds. The van der Waals surface area contributed by atoms with Crippen LogP contribution in [0, 0.1) is 11.3 Å². The normalized spacial score (nSPS) is 9.87. The first-order chi connectivity index (χ1) is 7.30. The number of aldehydes is 1. The Morgan fingerprint density at radius 2 is 2.47 bits per heavy atom. The van der Waals surface area contributed by atoms with E-state index in [9.17, 15) is 4.79 Å². The molecular formula is C10H7N3OS. The van der Waals surface area contributed by atoms with E-state index in [0.29, 0.717) is 10.4 Å². The molecule has 0 aliphatic heterocycles. The Morgan fingerprint density at radius 3 is 3.07 bits per heavy atom. The van der Waals surface area contributed by atoms with E-state index in [-0.39, 0.29) is 0 Å². The van der Waals surface area contributed by atoms with Crippen molar-refractivity contribution in [1.29, 1.82) is 5.26 Å². The second-order valence-electron chi connectivity index (χ2n) is 2.89. The highest BCUT2D eigenvalue weighted by atomic mass is 32.1. The Labute approximate surface area is 90.2 Å². The molecule has 5 heteroatoms. The lowest BCUT2D eigenvalue weighted by Gasteiger charge is -2.02. The van der Waals surface area contributed by atoms with Crippen LogP contribution < -0.4 is 5.32 Å². The number of rotatable bonds is 2. The van der Waals surface area contributed by atoms with Crippen LogP contribution in [0.15, 0.2) is 12.3 Å². The van der Waals surface area contributed by atoms with Crippen molar-refractivity contribution in [2.75, 3.05) is 12.4 Å². The zero-order valence-electron chi connectivity index (χ0n) is 7.94. The van der Waals surface area contributed by atoms with Gasteiger partial charge in [-0.3, -0.25) is 4.79 Å². The van der Waals surface area contributed by atoms with Crippen LogP contribution in [0.25, 0.3) is 10.2 Å². The van der Waals surface area contributed by atoms with Crippen molar-refractivity contribution in [2.45, 2.75) is 0 Å². The molecule has 0 saturated carbocycles. The molecule has 2 heterocycles. The molecule has 2 aromatic heterocycles. The first-order valence-corrected chi connectivity index (χ1v) is 5.07. The molecule has 74 valence electrons. The van der Waals surface area contributed by atoms with Crippen LogP contribution in [0.5, 0.6) is 0 Å². The van der Waals surface area contributed by atoms with Crippen molar-refractivity contribution in [1.82, 2.24) is 4.98 Å². The highest BCUT2D eigenvalue weighted by molar-refractivity contribution is 7.20. The zero-order chi connectivity index (χ0) is 10.8. The van der Waals surface area contributed by atoms with Crippen LogP contribution in [-0.4, -0.2) is 18.3 Å². The molecule has 0 spiro atoms. The molecule has 1 N–H and O–H groups in total. The lowest BCUT2D eigenvalue weighted by Crippen LogP contribution is -1.93. The lowest BCUT2D eigenvalue weighted by molar-refractivity contribution is 0.112. The molecule has 0 saturated heterocycles. The van der Waals surface area contributed by atoms with Crippen LogP contribution >= 0.6 is 11.3 Å². The summed E-state index contributed by atoms with van der Waals surface area (Å²) in [4.78, 5) is 16.1. The number of thiophene rings is 1. The summed E-state index contributed by atoms with van der Waals surface area (Å²) in [5, 5.41) is 12.7. The van der Waals surface area contributed by atoms with Gasteiger partial charge in [0.2, 0.25) is 0 Å². The van der Waals surface area contributed by atoms with Crippen LogP contribution in [-0.2, 0) is 0 Å². The number of nitrogens with one attached hydrogen (secondary N) is 1. The van der Waals surface area contributed by atoms with E-state index in [1.165, 1.54) is 17.5 Å². The number of hydrogen-bond donors (Lipinski definition) is 1. The Morgan fingerprint density at radius 1 is 1.67 bits per heavy atom. The topological polar surface area (TPSA) is 65.8 Å². The second kappa shape index (κ2) is 3.67. The number of aromatic nitrogens is 1. The minimum Gasteiger partial charge on any atom is -0.386 e. The Bertz CT molecular complexity index is 568. The predicted molar refractivity (Wildman–Crippen MR) is 59.3 cm³/mol. The van der Waals surface area contributed by atoms with Gasteiger partial charge in [-0.25, -0.2) is 4.98 Å². The minimum absolute atomic E-state index is 0.486. The molecular weight excluding hydrogens is 210 g/mol. The fraction of sp³-hybridized carbons (Fsp3) is 0.100. The quantitative estimate of drug-likeness (QED) is 0.781. The fourth-order valence-corrected chi connectivity index (χ4v) is 2.24. The van der Waals surface area contributed by atoms with E-state index < -0.39 is 0 Å². The smallest absolute Gasteiger partial charge is 0.160 e. The van der Waals surface area contributed by atoms with Gasteiger partial charge in [-0.05, 0) is 6.07 Å². The number of anilines is 1. The van der Waals surface area contributed by atoms with Gasteiger partial charge in [-0.15, -0.1) is 11.3 Å². The molecule has 0 aromatic carbocycles. The summed E-state index contributed by atoms with van der Waals surface area (Å²) in [7, 11) is 1.74. The van der Waals surface area contributed by atoms with Gasteiger partial charge in [-0.1, -0.05) is 0 Å². The Kier molecular flexibility index (Phi) is 2.35. The summed E-state index contributed by atoms with van der Waals surface area (Å²) < 4.78 is 0. The van der Waals surface area contributed by atoms with E-state index in [1.807, 2.05) is 0 Å². The Hall–Kier alpha value is -1.93. The van der Waals surface area contributed by atoms with Crippen LogP contribution in [0.3, 0.4) is 0 Å². The van der Waals surface area contributed by atoms with Gasteiger partial charge in [0.15, 0.2) is 6.29 Å². The van der Waals surface area contributed by atoms with E-state index in [1.54, 1.807) is 13.1 Å². The van der Waals surface area contributed by atoms with Gasteiger partial charge in [0.1, 0.15) is 10.9 Å². The van der Waals surface area contributed by atoms with Gasteiger partial charge >= 0.3 is 0 Å². The molecule has 0 bridgehead atoms. The number of hydrogen-bond acceptors (Lipinski definition) is 5. The first kappa shape index (κ1) is 9.62. The van der Waals surface area contributed by atoms with Crippen LogP contribution in [0.2, 0.25) is 0 Å². The molecule has 0 atom stereocenters. The third-order valence-electron chi connectivity index (χ3n) is 2.07.